The molecule has 0 radical (unpaired) electrons. The van der Waals surface area contributed by atoms with Crippen molar-refractivity contribution in [3.8, 4) is 0 Å². The van der Waals surface area contributed by atoms with Crippen molar-refractivity contribution in [1.29, 1.82) is 0 Å². The summed E-state index contributed by atoms with van der Waals surface area (Å²) in [6.07, 6.45) is 7.54. The second-order valence-electron chi connectivity index (χ2n) is 7.30. The van der Waals surface area contributed by atoms with Crippen molar-refractivity contribution < 1.29 is 14.7 Å². The van der Waals surface area contributed by atoms with Crippen molar-refractivity contribution >= 4 is 23.5 Å². The lowest BCUT2D eigenvalue weighted by molar-refractivity contribution is -0.141. The van der Waals surface area contributed by atoms with Gasteiger partial charge < -0.3 is 15.3 Å². The van der Waals surface area contributed by atoms with Gasteiger partial charge in [0.1, 0.15) is 5.82 Å². The minimum absolute atomic E-state index is 0.156. The maximum Gasteiger partial charge on any atom is 0.306 e. The number of aliphatic carboxylic acids is 1. The molecule has 1 saturated heterocycles. The Kier molecular flexibility index (Phi) is 6.57. The summed E-state index contributed by atoms with van der Waals surface area (Å²) >= 11 is 0. The lowest BCUT2D eigenvalue weighted by Gasteiger charge is -2.27. The predicted octanol–water partition coefficient (Wildman–Crippen LogP) is 2.91. The highest BCUT2D eigenvalue weighted by molar-refractivity contribution is 5.91. The highest BCUT2D eigenvalue weighted by Gasteiger charge is 2.14. The third kappa shape index (κ3) is 5.52. The second-order valence-corrected chi connectivity index (χ2v) is 7.30. The number of piperidine rings is 1. The smallest absolute Gasteiger partial charge is 0.306 e. The fourth-order valence-electron chi connectivity index (χ4n) is 3.30. The zero-order chi connectivity index (χ0) is 19.9. The van der Waals surface area contributed by atoms with Gasteiger partial charge in [0.2, 0.25) is 5.91 Å². The SMILES string of the molecule is CC(Cc1ccc(CC(=O)Nc2cncc(N3CCCCC3)n2)cc1)C(=O)O. The van der Waals surface area contributed by atoms with Gasteiger partial charge in [0.05, 0.1) is 24.7 Å². The van der Waals surface area contributed by atoms with Crippen LogP contribution < -0.4 is 10.2 Å². The molecule has 1 amide bonds. The number of hydrogen-bond donors (Lipinski definition) is 2. The van der Waals surface area contributed by atoms with E-state index in [0.717, 1.165) is 42.9 Å². The van der Waals surface area contributed by atoms with E-state index in [9.17, 15) is 9.59 Å². The fourth-order valence-corrected chi connectivity index (χ4v) is 3.30. The van der Waals surface area contributed by atoms with E-state index < -0.39 is 11.9 Å². The first-order chi connectivity index (χ1) is 13.5. The Bertz CT molecular complexity index is 817. The molecule has 1 fully saturated rings. The van der Waals surface area contributed by atoms with Crippen LogP contribution in [0.3, 0.4) is 0 Å². The fraction of sp³-hybridized carbons (Fsp3) is 0.429. The molecule has 1 aromatic carbocycles. The number of anilines is 2. The van der Waals surface area contributed by atoms with Gasteiger partial charge in [-0.1, -0.05) is 31.2 Å². The minimum atomic E-state index is -0.809. The molecule has 1 aliphatic heterocycles. The van der Waals surface area contributed by atoms with E-state index in [1.54, 1.807) is 19.3 Å². The van der Waals surface area contributed by atoms with Gasteiger partial charge in [-0.25, -0.2) is 4.98 Å². The standard InChI is InChI=1S/C21H26N4O3/c1-15(21(27)28)11-16-5-7-17(8-6-16)12-20(26)24-18-13-22-14-19(23-18)25-9-3-2-4-10-25/h5-8,13-15H,2-4,9-12H2,1H3,(H,27,28)(H,23,24,26). The first-order valence-electron chi connectivity index (χ1n) is 9.69. The number of carbonyl (C=O) groups excluding carboxylic acids is 1. The lowest BCUT2D eigenvalue weighted by atomic mass is 9.99. The molecule has 2 aromatic rings. The number of benzene rings is 1. The molecule has 0 spiro atoms. The van der Waals surface area contributed by atoms with Crippen LogP contribution in [0.4, 0.5) is 11.6 Å². The number of nitrogens with one attached hydrogen (secondary N) is 1. The summed E-state index contributed by atoms with van der Waals surface area (Å²) < 4.78 is 0. The van der Waals surface area contributed by atoms with Gasteiger partial charge in [0, 0.05) is 13.1 Å². The zero-order valence-corrected chi connectivity index (χ0v) is 16.1. The first-order valence-corrected chi connectivity index (χ1v) is 9.69. The number of carbonyl (C=O) groups is 2. The monoisotopic (exact) mass is 382 g/mol. The van der Waals surface area contributed by atoms with Crippen molar-refractivity contribution in [2.24, 2.45) is 5.92 Å². The molecule has 7 nitrogen and oxygen atoms in total. The summed E-state index contributed by atoms with van der Waals surface area (Å²) in [5.41, 5.74) is 1.81. The molecule has 0 bridgehead atoms. The number of aromatic nitrogens is 2. The molecule has 1 atom stereocenters. The van der Waals surface area contributed by atoms with E-state index in [1.165, 1.54) is 6.42 Å². The predicted molar refractivity (Wildman–Crippen MR) is 107 cm³/mol. The first kappa shape index (κ1) is 19.8. The molecule has 2 heterocycles. The molecule has 2 N–H and O–H groups in total. The van der Waals surface area contributed by atoms with Crippen LogP contribution in [0.15, 0.2) is 36.7 Å². The van der Waals surface area contributed by atoms with Gasteiger partial charge in [-0.2, -0.15) is 0 Å². The molecule has 7 heteroatoms. The van der Waals surface area contributed by atoms with Crippen molar-refractivity contribution in [3.05, 3.63) is 47.8 Å². The molecule has 1 unspecified atom stereocenters. The third-order valence-electron chi connectivity index (χ3n) is 4.92. The van der Waals surface area contributed by atoms with Crippen molar-refractivity contribution in [3.63, 3.8) is 0 Å². The Balaban J connectivity index is 1.56. The minimum Gasteiger partial charge on any atom is -0.481 e. The normalized spacial score (nSPS) is 15.1. The highest BCUT2D eigenvalue weighted by atomic mass is 16.4. The number of rotatable bonds is 7. The lowest BCUT2D eigenvalue weighted by Crippen LogP contribution is -2.30. The summed E-state index contributed by atoms with van der Waals surface area (Å²) in [5, 5.41) is 11.8. The maximum atomic E-state index is 12.4. The summed E-state index contributed by atoms with van der Waals surface area (Å²) in [6.45, 7) is 3.63. The van der Waals surface area contributed by atoms with Crippen LogP contribution in [-0.2, 0) is 22.4 Å². The van der Waals surface area contributed by atoms with Gasteiger partial charge in [-0.15, -0.1) is 0 Å². The molecule has 1 aliphatic rings. The number of amides is 1. The van der Waals surface area contributed by atoms with Gasteiger partial charge in [0.25, 0.3) is 0 Å². The van der Waals surface area contributed by atoms with Gasteiger partial charge >= 0.3 is 5.97 Å². The number of nitrogens with zero attached hydrogens (tertiary/aromatic N) is 3. The Morgan fingerprint density at radius 3 is 2.46 bits per heavy atom. The molecule has 148 valence electrons. The highest BCUT2D eigenvalue weighted by Crippen LogP contribution is 2.18. The topological polar surface area (TPSA) is 95.4 Å². The molecule has 1 aromatic heterocycles. The maximum absolute atomic E-state index is 12.4. The van der Waals surface area contributed by atoms with E-state index in [2.05, 4.69) is 20.2 Å². The summed E-state index contributed by atoms with van der Waals surface area (Å²) in [4.78, 5) is 34.2. The average Bonchev–Trinajstić information content (AvgIpc) is 2.70. The summed E-state index contributed by atoms with van der Waals surface area (Å²) in [5.74, 6) is -0.137. The van der Waals surface area contributed by atoms with E-state index in [0.29, 0.717) is 12.2 Å². The van der Waals surface area contributed by atoms with Gasteiger partial charge in [0.15, 0.2) is 5.82 Å². The van der Waals surface area contributed by atoms with Crippen molar-refractivity contribution in [1.82, 2.24) is 9.97 Å². The molecular formula is C21H26N4O3. The van der Waals surface area contributed by atoms with Gasteiger partial charge in [-0.3, -0.25) is 14.6 Å². The van der Waals surface area contributed by atoms with Crippen LogP contribution in [0.2, 0.25) is 0 Å². The van der Waals surface area contributed by atoms with Gasteiger partial charge in [-0.05, 0) is 36.8 Å². The summed E-state index contributed by atoms with van der Waals surface area (Å²) in [7, 11) is 0. The Labute approximate surface area is 164 Å². The van der Waals surface area contributed by atoms with Crippen molar-refractivity contribution in [2.75, 3.05) is 23.3 Å². The van der Waals surface area contributed by atoms with Crippen LogP contribution in [0.25, 0.3) is 0 Å². The van der Waals surface area contributed by atoms with Crippen LogP contribution in [-0.4, -0.2) is 40.0 Å². The van der Waals surface area contributed by atoms with E-state index in [1.807, 2.05) is 24.3 Å². The molecule has 0 aliphatic carbocycles. The number of hydrogen-bond acceptors (Lipinski definition) is 5. The van der Waals surface area contributed by atoms with E-state index in [-0.39, 0.29) is 12.3 Å². The second kappa shape index (κ2) is 9.30. The van der Waals surface area contributed by atoms with Crippen LogP contribution in [0.1, 0.15) is 37.3 Å². The average molecular weight is 382 g/mol. The van der Waals surface area contributed by atoms with Crippen LogP contribution >= 0.6 is 0 Å². The Morgan fingerprint density at radius 2 is 1.79 bits per heavy atom. The molecule has 28 heavy (non-hydrogen) atoms. The molecule has 3 rings (SSSR count). The third-order valence-corrected chi connectivity index (χ3v) is 4.92. The Morgan fingerprint density at radius 1 is 1.11 bits per heavy atom. The van der Waals surface area contributed by atoms with E-state index in [4.69, 9.17) is 5.11 Å². The Hall–Kier alpha value is -2.96. The van der Waals surface area contributed by atoms with E-state index >= 15 is 0 Å². The van der Waals surface area contributed by atoms with Crippen LogP contribution in [0, 0.1) is 5.92 Å². The zero-order valence-electron chi connectivity index (χ0n) is 16.1. The molecular weight excluding hydrogens is 356 g/mol. The number of carboxylic acid groups (broad SMARTS) is 1. The number of carboxylic acids is 1. The molecule has 0 saturated carbocycles. The van der Waals surface area contributed by atoms with Crippen molar-refractivity contribution in [2.45, 2.75) is 39.0 Å². The largest absolute Gasteiger partial charge is 0.481 e. The quantitative estimate of drug-likeness (QED) is 0.764. The summed E-state index contributed by atoms with van der Waals surface area (Å²) in [6, 6.07) is 7.47. The van der Waals surface area contributed by atoms with Crippen LogP contribution in [0.5, 0.6) is 0 Å².